The van der Waals surface area contributed by atoms with Gasteiger partial charge in [0.25, 0.3) is 11.8 Å². The summed E-state index contributed by atoms with van der Waals surface area (Å²) in [6.45, 7) is 9.56. The van der Waals surface area contributed by atoms with E-state index in [1.165, 1.54) is 11.8 Å². The highest BCUT2D eigenvalue weighted by Gasteiger charge is 2.34. The Kier molecular flexibility index (Phi) is 6.79. The van der Waals surface area contributed by atoms with E-state index in [9.17, 15) is 14.4 Å². The molecule has 1 aliphatic heterocycles. The number of anilines is 2. The average Bonchev–Trinajstić information content (AvgIpc) is 2.98. The third-order valence-corrected chi connectivity index (χ3v) is 5.09. The van der Waals surface area contributed by atoms with Gasteiger partial charge in [-0.1, -0.05) is 6.92 Å². The highest BCUT2D eigenvalue weighted by Crippen LogP contribution is 2.33. The summed E-state index contributed by atoms with van der Waals surface area (Å²) in [6.07, 6.45) is 0.702. The second-order valence-corrected chi connectivity index (χ2v) is 7.25. The molecule has 31 heavy (non-hydrogen) atoms. The highest BCUT2D eigenvalue weighted by molar-refractivity contribution is 6.21. The maximum atomic E-state index is 12.5. The molecule has 0 unspecified atom stereocenters. The summed E-state index contributed by atoms with van der Waals surface area (Å²) in [5.41, 5.74) is 3.22. The second-order valence-electron chi connectivity index (χ2n) is 7.25. The van der Waals surface area contributed by atoms with Gasteiger partial charge in [-0.15, -0.1) is 5.11 Å². The summed E-state index contributed by atoms with van der Waals surface area (Å²) in [5, 5.41) is 11.3. The van der Waals surface area contributed by atoms with Crippen LogP contribution in [0.2, 0.25) is 0 Å². The van der Waals surface area contributed by atoms with E-state index in [-0.39, 0.29) is 17.7 Å². The Morgan fingerprint density at radius 1 is 0.968 bits per heavy atom. The maximum Gasteiger partial charge on any atom is 0.261 e. The van der Waals surface area contributed by atoms with Crippen molar-refractivity contribution < 1.29 is 14.4 Å². The van der Waals surface area contributed by atoms with Crippen molar-refractivity contribution in [2.24, 2.45) is 10.2 Å². The SMILES string of the molecule is CCCN1C(=O)c2ccc(N=Nc3ccc(N(CC)CC)cc3NC(C)=O)cc2C1=O. The lowest BCUT2D eigenvalue weighted by Gasteiger charge is -2.22. The van der Waals surface area contributed by atoms with Crippen LogP contribution in [0.25, 0.3) is 0 Å². The van der Waals surface area contributed by atoms with Crippen molar-refractivity contribution in [1.29, 1.82) is 0 Å². The highest BCUT2D eigenvalue weighted by atomic mass is 16.2. The predicted octanol–water partition coefficient (Wildman–Crippen LogP) is 4.91. The lowest BCUT2D eigenvalue weighted by molar-refractivity contribution is -0.114. The number of carbonyl (C=O) groups is 3. The van der Waals surface area contributed by atoms with Gasteiger partial charge in [0.1, 0.15) is 5.69 Å². The van der Waals surface area contributed by atoms with E-state index in [4.69, 9.17) is 0 Å². The van der Waals surface area contributed by atoms with Crippen LogP contribution in [0.1, 0.15) is 54.8 Å². The van der Waals surface area contributed by atoms with Crippen LogP contribution in [-0.2, 0) is 4.79 Å². The minimum absolute atomic E-state index is 0.203. The number of hydrogen-bond donors (Lipinski definition) is 1. The fourth-order valence-corrected chi connectivity index (χ4v) is 3.57. The third kappa shape index (κ3) is 4.63. The number of carbonyl (C=O) groups excluding carboxylic acids is 3. The zero-order valence-electron chi connectivity index (χ0n) is 18.3. The van der Waals surface area contributed by atoms with Crippen molar-refractivity contribution in [3.63, 3.8) is 0 Å². The average molecular weight is 422 g/mol. The van der Waals surface area contributed by atoms with Crippen molar-refractivity contribution >= 4 is 40.5 Å². The monoisotopic (exact) mass is 421 g/mol. The topological polar surface area (TPSA) is 94.4 Å². The normalized spacial score (nSPS) is 13.1. The lowest BCUT2D eigenvalue weighted by Crippen LogP contribution is -2.30. The molecule has 2 aromatic carbocycles. The fraction of sp³-hybridized carbons (Fsp3) is 0.348. The molecule has 3 amide bonds. The Balaban J connectivity index is 1.91. The van der Waals surface area contributed by atoms with Crippen LogP contribution in [0.4, 0.5) is 22.7 Å². The molecule has 0 bridgehead atoms. The minimum atomic E-state index is -0.304. The summed E-state index contributed by atoms with van der Waals surface area (Å²) in [6, 6.07) is 10.4. The van der Waals surface area contributed by atoms with Gasteiger partial charge in [-0.2, -0.15) is 5.11 Å². The Morgan fingerprint density at radius 3 is 2.32 bits per heavy atom. The van der Waals surface area contributed by atoms with Crippen molar-refractivity contribution in [3.05, 3.63) is 47.5 Å². The first-order chi connectivity index (χ1) is 14.9. The zero-order valence-corrected chi connectivity index (χ0v) is 18.3. The molecule has 0 saturated heterocycles. The molecular weight excluding hydrogens is 394 g/mol. The van der Waals surface area contributed by atoms with Gasteiger partial charge in [-0.05, 0) is 56.7 Å². The van der Waals surface area contributed by atoms with E-state index in [1.807, 2.05) is 19.1 Å². The summed E-state index contributed by atoms with van der Waals surface area (Å²) < 4.78 is 0. The Bertz CT molecular complexity index is 1040. The number of imide groups is 1. The molecule has 2 aromatic rings. The van der Waals surface area contributed by atoms with Gasteiger partial charge in [-0.3, -0.25) is 19.3 Å². The number of benzene rings is 2. The Labute approximate surface area is 181 Å². The number of amides is 3. The van der Waals surface area contributed by atoms with Crippen molar-refractivity contribution in [1.82, 2.24) is 4.90 Å². The lowest BCUT2D eigenvalue weighted by atomic mass is 10.1. The van der Waals surface area contributed by atoms with Crippen LogP contribution in [0, 0.1) is 0 Å². The van der Waals surface area contributed by atoms with Crippen LogP contribution < -0.4 is 10.2 Å². The van der Waals surface area contributed by atoms with Gasteiger partial charge in [0.2, 0.25) is 5.91 Å². The first-order valence-corrected chi connectivity index (χ1v) is 10.5. The summed E-state index contributed by atoms with van der Waals surface area (Å²) in [5.74, 6) is -0.780. The summed E-state index contributed by atoms with van der Waals surface area (Å²) >= 11 is 0. The first-order valence-electron chi connectivity index (χ1n) is 10.5. The molecule has 0 fully saturated rings. The van der Waals surface area contributed by atoms with Crippen molar-refractivity contribution in [3.8, 4) is 0 Å². The molecule has 1 heterocycles. The van der Waals surface area contributed by atoms with E-state index in [0.29, 0.717) is 41.2 Å². The largest absolute Gasteiger partial charge is 0.372 e. The van der Waals surface area contributed by atoms with Crippen LogP contribution in [0.3, 0.4) is 0 Å². The number of fused-ring (bicyclic) bond motifs is 1. The number of nitrogens with one attached hydrogen (secondary N) is 1. The molecular formula is C23H27N5O3. The molecule has 0 aromatic heterocycles. The number of hydrogen-bond acceptors (Lipinski definition) is 6. The molecule has 0 saturated carbocycles. The molecule has 1 N–H and O–H groups in total. The molecule has 162 valence electrons. The first kappa shape index (κ1) is 22.1. The standard InChI is InChI=1S/C23H27N5O3/c1-5-12-28-22(30)18-10-8-16(13-19(18)23(28)31)25-26-20-11-9-17(27(6-2)7-3)14-21(20)24-15(4)29/h8-11,13-14H,5-7,12H2,1-4H3,(H,24,29). The molecule has 0 spiro atoms. The van der Waals surface area contributed by atoms with E-state index in [0.717, 1.165) is 18.8 Å². The van der Waals surface area contributed by atoms with E-state index >= 15 is 0 Å². The minimum Gasteiger partial charge on any atom is -0.372 e. The molecule has 8 nitrogen and oxygen atoms in total. The zero-order chi connectivity index (χ0) is 22.5. The fourth-order valence-electron chi connectivity index (χ4n) is 3.57. The Morgan fingerprint density at radius 2 is 1.68 bits per heavy atom. The van der Waals surface area contributed by atoms with Crippen LogP contribution >= 0.6 is 0 Å². The van der Waals surface area contributed by atoms with Crippen LogP contribution in [-0.4, -0.2) is 42.3 Å². The van der Waals surface area contributed by atoms with E-state index < -0.39 is 0 Å². The quantitative estimate of drug-likeness (QED) is 0.484. The van der Waals surface area contributed by atoms with Crippen LogP contribution in [0.5, 0.6) is 0 Å². The molecule has 1 aliphatic rings. The third-order valence-electron chi connectivity index (χ3n) is 5.09. The second kappa shape index (κ2) is 9.51. The van der Waals surface area contributed by atoms with Crippen LogP contribution in [0.15, 0.2) is 46.6 Å². The summed E-state index contributed by atoms with van der Waals surface area (Å²) in [4.78, 5) is 40.0. The molecule has 3 rings (SSSR count). The molecule has 0 aliphatic carbocycles. The van der Waals surface area contributed by atoms with E-state index in [1.54, 1.807) is 24.3 Å². The molecule has 0 atom stereocenters. The Hall–Kier alpha value is -3.55. The predicted molar refractivity (Wildman–Crippen MR) is 121 cm³/mol. The van der Waals surface area contributed by atoms with Gasteiger partial charge < -0.3 is 10.2 Å². The number of nitrogens with zero attached hydrogens (tertiary/aromatic N) is 4. The van der Waals surface area contributed by atoms with Gasteiger partial charge >= 0.3 is 0 Å². The smallest absolute Gasteiger partial charge is 0.261 e. The van der Waals surface area contributed by atoms with Gasteiger partial charge in [0, 0.05) is 32.2 Å². The number of rotatable bonds is 8. The van der Waals surface area contributed by atoms with Gasteiger partial charge in [0.05, 0.1) is 22.5 Å². The van der Waals surface area contributed by atoms with Crippen molar-refractivity contribution in [2.45, 2.75) is 34.1 Å². The molecule has 8 heteroatoms. The van der Waals surface area contributed by atoms with Gasteiger partial charge in [-0.25, -0.2) is 0 Å². The van der Waals surface area contributed by atoms with Crippen molar-refractivity contribution in [2.75, 3.05) is 29.9 Å². The summed E-state index contributed by atoms with van der Waals surface area (Å²) in [7, 11) is 0. The number of azo groups is 1. The molecule has 0 radical (unpaired) electrons. The van der Waals surface area contributed by atoms with Gasteiger partial charge in [0.15, 0.2) is 0 Å². The van der Waals surface area contributed by atoms with E-state index in [2.05, 4.69) is 34.3 Å². The maximum absolute atomic E-state index is 12.5.